The lowest BCUT2D eigenvalue weighted by molar-refractivity contribution is -0.00618. The van der Waals surface area contributed by atoms with Crippen LogP contribution in [0.4, 0.5) is 4.53 Å². The number of para-hydroxylation sites is 1. The van der Waals surface area contributed by atoms with Crippen molar-refractivity contribution in [3.63, 3.8) is 0 Å². The monoisotopic (exact) mass is 378 g/mol. The van der Waals surface area contributed by atoms with Gasteiger partial charge in [0.2, 0.25) is 0 Å². The van der Waals surface area contributed by atoms with E-state index in [0.717, 1.165) is 42.3 Å². The molecule has 2 aromatic carbocycles. The van der Waals surface area contributed by atoms with Crippen LogP contribution in [0.5, 0.6) is 5.75 Å². The summed E-state index contributed by atoms with van der Waals surface area (Å²) in [6.07, 6.45) is 4.24. The van der Waals surface area contributed by atoms with Crippen molar-refractivity contribution in [2.75, 3.05) is 6.54 Å². The van der Waals surface area contributed by atoms with Gasteiger partial charge in [-0.15, -0.1) is 0 Å². The van der Waals surface area contributed by atoms with Crippen molar-refractivity contribution in [1.82, 2.24) is 9.88 Å². The number of likely N-dealkylation sites (tertiary alicyclic amines) is 1. The summed E-state index contributed by atoms with van der Waals surface area (Å²) in [5.74, 6) is 0.204. The van der Waals surface area contributed by atoms with Crippen molar-refractivity contribution in [3.05, 3.63) is 60.2 Å². The highest BCUT2D eigenvalue weighted by molar-refractivity contribution is 6.07. The molecule has 0 N–H and O–H groups in total. The number of nitrogens with zero attached hydrogens (tertiary/aromatic N) is 2. The molecule has 1 fully saturated rings. The molecule has 0 aliphatic carbocycles. The molecule has 0 radical (unpaired) electrons. The van der Waals surface area contributed by atoms with E-state index in [0.29, 0.717) is 11.3 Å². The molecular weight excluding hydrogens is 355 g/mol. The van der Waals surface area contributed by atoms with Crippen molar-refractivity contribution in [3.8, 4) is 17.0 Å². The number of halogens is 1. The number of benzene rings is 2. The Labute approximate surface area is 163 Å². The van der Waals surface area contributed by atoms with E-state index in [9.17, 15) is 9.32 Å². The molecule has 1 atom stereocenters. The topological polar surface area (TPSA) is 42.4 Å². The maximum absolute atomic E-state index is 13.5. The highest BCUT2D eigenvalue weighted by Gasteiger charge is 2.27. The van der Waals surface area contributed by atoms with Gasteiger partial charge in [-0.3, -0.25) is 9.74 Å². The van der Waals surface area contributed by atoms with Crippen molar-refractivity contribution in [2.24, 2.45) is 0 Å². The Bertz CT molecular complexity index is 988. The highest BCUT2D eigenvalue weighted by atomic mass is 19.3. The third-order valence-corrected chi connectivity index (χ3v) is 5.55. The third-order valence-electron chi connectivity index (χ3n) is 5.55. The quantitative estimate of drug-likeness (QED) is 0.596. The van der Waals surface area contributed by atoms with Crippen LogP contribution in [-0.4, -0.2) is 28.4 Å². The molecular formula is C23H23FN2O2. The van der Waals surface area contributed by atoms with Crippen LogP contribution in [0.1, 0.15) is 43.0 Å². The Balaban J connectivity index is 1.81. The first kappa shape index (κ1) is 18.4. The molecule has 1 aromatic heterocycles. The second-order valence-electron chi connectivity index (χ2n) is 7.23. The maximum Gasteiger partial charge on any atom is 0.254 e. The molecule has 3 aromatic rings. The Hall–Kier alpha value is -2.95. The predicted molar refractivity (Wildman–Crippen MR) is 108 cm³/mol. The first-order valence-corrected chi connectivity index (χ1v) is 9.81. The molecule has 0 bridgehead atoms. The second-order valence-corrected chi connectivity index (χ2v) is 7.23. The van der Waals surface area contributed by atoms with Crippen LogP contribution >= 0.6 is 0 Å². The van der Waals surface area contributed by atoms with Gasteiger partial charge in [0.15, 0.2) is 5.75 Å². The van der Waals surface area contributed by atoms with Gasteiger partial charge >= 0.3 is 0 Å². The highest BCUT2D eigenvalue weighted by Crippen LogP contribution is 2.29. The van der Waals surface area contributed by atoms with Crippen molar-refractivity contribution >= 4 is 16.8 Å². The smallest absolute Gasteiger partial charge is 0.254 e. The molecule has 4 rings (SSSR count). The fourth-order valence-electron chi connectivity index (χ4n) is 4.02. The van der Waals surface area contributed by atoms with E-state index in [2.05, 4.69) is 11.9 Å². The summed E-state index contributed by atoms with van der Waals surface area (Å²) >= 11 is 0. The molecule has 2 heterocycles. The third kappa shape index (κ3) is 3.44. The summed E-state index contributed by atoms with van der Waals surface area (Å²) in [4.78, 5) is 24.0. The van der Waals surface area contributed by atoms with Gasteiger partial charge in [0, 0.05) is 28.1 Å². The second kappa shape index (κ2) is 7.97. The van der Waals surface area contributed by atoms with Crippen LogP contribution in [0.2, 0.25) is 0 Å². The van der Waals surface area contributed by atoms with Crippen molar-refractivity contribution in [2.45, 2.75) is 38.6 Å². The summed E-state index contributed by atoms with van der Waals surface area (Å²) in [5.41, 5.74) is 2.95. The molecule has 1 saturated heterocycles. The zero-order valence-corrected chi connectivity index (χ0v) is 15.9. The summed E-state index contributed by atoms with van der Waals surface area (Å²) in [6.45, 7) is 2.94. The fourth-order valence-corrected chi connectivity index (χ4v) is 4.02. The van der Waals surface area contributed by atoms with Crippen molar-refractivity contribution < 1.29 is 14.3 Å². The van der Waals surface area contributed by atoms with Gasteiger partial charge in [0.25, 0.3) is 5.91 Å². The Morgan fingerprint density at radius 3 is 2.71 bits per heavy atom. The fraction of sp³-hybridized carbons (Fsp3) is 0.304. The lowest BCUT2D eigenvalue weighted by Gasteiger charge is -2.35. The van der Waals surface area contributed by atoms with Gasteiger partial charge in [-0.25, -0.2) is 4.98 Å². The Morgan fingerprint density at radius 2 is 1.96 bits per heavy atom. The minimum Gasteiger partial charge on any atom is -0.336 e. The van der Waals surface area contributed by atoms with Gasteiger partial charge in [0.05, 0.1) is 16.8 Å². The number of rotatable bonds is 4. The van der Waals surface area contributed by atoms with Crippen molar-refractivity contribution in [1.29, 1.82) is 0 Å². The van der Waals surface area contributed by atoms with Gasteiger partial charge in [-0.05, 0) is 62.1 Å². The number of pyridine rings is 1. The van der Waals surface area contributed by atoms with E-state index in [4.69, 9.17) is 4.98 Å². The average Bonchev–Trinajstić information content (AvgIpc) is 2.77. The van der Waals surface area contributed by atoms with Gasteiger partial charge in [0.1, 0.15) is 0 Å². The summed E-state index contributed by atoms with van der Waals surface area (Å²) in [6, 6.07) is 16.5. The maximum atomic E-state index is 13.5. The molecule has 1 unspecified atom stereocenters. The number of fused-ring (bicyclic) bond motifs is 1. The van der Waals surface area contributed by atoms with E-state index in [1.807, 2.05) is 35.2 Å². The first-order chi connectivity index (χ1) is 13.7. The molecule has 5 heteroatoms. The predicted octanol–water partition coefficient (Wildman–Crippen LogP) is 5.57. The van der Waals surface area contributed by atoms with Crippen LogP contribution < -0.4 is 4.94 Å². The standard InChI is InChI=1S/C23H23FN2O2/c1-2-17-7-5-6-14-26(17)23(27)20-15-22(16-10-12-18(28-24)13-11-16)25-21-9-4-3-8-19(20)21/h3-4,8-13,15,17H,2,5-7,14H2,1H3. The molecule has 0 spiro atoms. The molecule has 144 valence electrons. The van der Waals surface area contributed by atoms with E-state index < -0.39 is 0 Å². The van der Waals surface area contributed by atoms with Gasteiger partial charge < -0.3 is 4.90 Å². The summed E-state index contributed by atoms with van der Waals surface area (Å²) in [7, 11) is 0. The zero-order chi connectivity index (χ0) is 19.5. The van der Waals surface area contributed by atoms with E-state index >= 15 is 0 Å². The number of carbonyl (C=O) groups is 1. The molecule has 4 nitrogen and oxygen atoms in total. The summed E-state index contributed by atoms with van der Waals surface area (Å²) in [5, 5.41) is 0.861. The lowest BCUT2D eigenvalue weighted by Crippen LogP contribution is -2.43. The molecule has 1 aliphatic rings. The Kier molecular flexibility index (Phi) is 5.24. The molecule has 1 amide bonds. The van der Waals surface area contributed by atoms with Crippen LogP contribution in [0.25, 0.3) is 22.2 Å². The Morgan fingerprint density at radius 1 is 1.18 bits per heavy atom. The zero-order valence-electron chi connectivity index (χ0n) is 15.9. The van der Waals surface area contributed by atoms with Crippen LogP contribution in [0.15, 0.2) is 54.6 Å². The lowest BCUT2D eigenvalue weighted by atomic mass is 9.97. The van der Waals surface area contributed by atoms with Gasteiger partial charge in [-0.2, -0.15) is 0 Å². The average molecular weight is 378 g/mol. The minimum atomic E-state index is 0.0649. The van der Waals surface area contributed by atoms with Crippen LogP contribution in [0.3, 0.4) is 0 Å². The van der Waals surface area contributed by atoms with E-state index in [1.54, 1.807) is 24.3 Å². The number of aromatic nitrogens is 1. The number of piperidine rings is 1. The van der Waals surface area contributed by atoms with E-state index in [-0.39, 0.29) is 17.7 Å². The number of hydrogen-bond donors (Lipinski definition) is 0. The number of amides is 1. The number of carbonyl (C=O) groups excluding carboxylic acids is 1. The SMILES string of the molecule is CCC1CCCCN1C(=O)c1cc(-c2ccc(OF)cc2)nc2ccccc12. The first-order valence-electron chi connectivity index (χ1n) is 9.81. The molecule has 0 saturated carbocycles. The van der Waals surface area contributed by atoms with E-state index in [1.165, 1.54) is 6.42 Å². The normalized spacial score (nSPS) is 16.9. The minimum absolute atomic E-state index is 0.0649. The molecule has 28 heavy (non-hydrogen) atoms. The largest absolute Gasteiger partial charge is 0.336 e. The summed E-state index contributed by atoms with van der Waals surface area (Å²) < 4.78 is 12.3. The number of hydrogen-bond acceptors (Lipinski definition) is 3. The van der Waals surface area contributed by atoms with Crippen LogP contribution in [0, 0.1) is 0 Å². The van der Waals surface area contributed by atoms with Gasteiger partial charge in [-0.1, -0.05) is 25.1 Å². The molecule has 1 aliphatic heterocycles. The van der Waals surface area contributed by atoms with Crippen LogP contribution in [-0.2, 0) is 0 Å².